The van der Waals surface area contributed by atoms with Gasteiger partial charge in [0.05, 0.1) is 19.1 Å². The van der Waals surface area contributed by atoms with Crippen molar-refractivity contribution < 1.29 is 19.4 Å². The van der Waals surface area contributed by atoms with E-state index in [0.29, 0.717) is 18.9 Å². The first kappa shape index (κ1) is 15.9. The van der Waals surface area contributed by atoms with E-state index in [4.69, 9.17) is 9.84 Å². The second-order valence-electron chi connectivity index (χ2n) is 4.89. The van der Waals surface area contributed by atoms with Crippen molar-refractivity contribution in [3.8, 4) is 0 Å². The molecular formula is C15H19NO4S. The minimum absolute atomic E-state index is 0.00255. The predicted octanol–water partition coefficient (Wildman–Crippen LogP) is 1.62. The van der Waals surface area contributed by atoms with Gasteiger partial charge in [0, 0.05) is 18.1 Å². The first-order valence-corrected chi connectivity index (χ1v) is 8.03. The average molecular weight is 309 g/mol. The quantitative estimate of drug-likeness (QED) is 0.865. The third kappa shape index (κ3) is 5.06. The number of rotatable bonds is 6. The van der Waals surface area contributed by atoms with Crippen LogP contribution in [0.25, 0.3) is 0 Å². The molecule has 5 nitrogen and oxygen atoms in total. The molecular weight excluding hydrogens is 290 g/mol. The second kappa shape index (κ2) is 8.05. The average Bonchev–Trinajstić information content (AvgIpc) is 2.48. The second-order valence-corrected chi connectivity index (χ2v) is 6.04. The maximum absolute atomic E-state index is 12.2. The number of hydrogen-bond donors (Lipinski definition) is 1. The van der Waals surface area contributed by atoms with Crippen molar-refractivity contribution in [2.75, 3.05) is 24.7 Å². The molecule has 1 aromatic rings. The van der Waals surface area contributed by atoms with Crippen molar-refractivity contribution in [3.05, 3.63) is 35.9 Å². The van der Waals surface area contributed by atoms with E-state index >= 15 is 0 Å². The van der Waals surface area contributed by atoms with Crippen LogP contribution in [0.5, 0.6) is 0 Å². The predicted molar refractivity (Wildman–Crippen MR) is 81.2 cm³/mol. The maximum Gasteiger partial charge on any atom is 0.305 e. The molecule has 0 radical (unpaired) electrons. The lowest BCUT2D eigenvalue weighted by Crippen LogP contribution is -2.48. The molecule has 1 unspecified atom stereocenters. The minimum Gasteiger partial charge on any atom is -0.481 e. The lowest BCUT2D eigenvalue weighted by atomic mass is 10.2. The molecule has 6 heteroatoms. The number of carboxylic acid groups (broad SMARTS) is 1. The Kier molecular flexibility index (Phi) is 6.07. The van der Waals surface area contributed by atoms with Crippen molar-refractivity contribution >= 4 is 23.6 Å². The summed E-state index contributed by atoms with van der Waals surface area (Å²) in [7, 11) is 0. The first-order valence-electron chi connectivity index (χ1n) is 6.87. The summed E-state index contributed by atoms with van der Waals surface area (Å²) in [4.78, 5) is 24.7. The molecule has 1 aliphatic heterocycles. The van der Waals surface area contributed by atoms with Gasteiger partial charge in [0.2, 0.25) is 5.91 Å². The summed E-state index contributed by atoms with van der Waals surface area (Å²) in [5.41, 5.74) is 1.02. The van der Waals surface area contributed by atoms with Gasteiger partial charge in [-0.2, -0.15) is 11.8 Å². The molecule has 0 saturated carbocycles. The normalized spacial score (nSPS) is 18.5. The van der Waals surface area contributed by atoms with E-state index in [-0.39, 0.29) is 25.0 Å². The number of thioether (sulfide) groups is 1. The van der Waals surface area contributed by atoms with E-state index in [1.54, 1.807) is 16.7 Å². The lowest BCUT2D eigenvalue weighted by Gasteiger charge is -2.34. The molecule has 0 aliphatic carbocycles. The Morgan fingerprint density at radius 3 is 2.81 bits per heavy atom. The number of carbonyl (C=O) groups is 2. The number of carboxylic acids is 1. The van der Waals surface area contributed by atoms with Gasteiger partial charge >= 0.3 is 5.97 Å². The number of nitrogens with zero attached hydrogens (tertiary/aromatic N) is 1. The Hall–Kier alpha value is -1.53. The van der Waals surface area contributed by atoms with E-state index in [2.05, 4.69) is 0 Å². The monoisotopic (exact) mass is 309 g/mol. The van der Waals surface area contributed by atoms with E-state index in [0.717, 1.165) is 11.3 Å². The third-order valence-corrected chi connectivity index (χ3v) is 4.39. The van der Waals surface area contributed by atoms with Gasteiger partial charge in [0.15, 0.2) is 0 Å². The third-order valence-electron chi connectivity index (χ3n) is 3.30. The topological polar surface area (TPSA) is 66.8 Å². The highest BCUT2D eigenvalue weighted by molar-refractivity contribution is 7.99. The van der Waals surface area contributed by atoms with Gasteiger partial charge in [-0.3, -0.25) is 9.59 Å². The summed E-state index contributed by atoms with van der Waals surface area (Å²) in [5.74, 6) is 0.528. The van der Waals surface area contributed by atoms with Gasteiger partial charge in [-0.15, -0.1) is 0 Å². The largest absolute Gasteiger partial charge is 0.481 e. The Labute approximate surface area is 128 Å². The minimum atomic E-state index is -0.870. The molecule has 0 spiro atoms. The summed E-state index contributed by atoms with van der Waals surface area (Å²) in [6, 6.07) is 9.42. The van der Waals surface area contributed by atoms with Crippen molar-refractivity contribution in [3.63, 3.8) is 0 Å². The van der Waals surface area contributed by atoms with Crippen LogP contribution in [0.4, 0.5) is 0 Å². The number of hydrogen-bond acceptors (Lipinski definition) is 4. The van der Waals surface area contributed by atoms with E-state index in [1.807, 2.05) is 30.3 Å². The fourth-order valence-electron chi connectivity index (χ4n) is 2.27. The maximum atomic E-state index is 12.2. The SMILES string of the molecule is O=C(O)CC1CSCCN1C(=O)COCc1ccccc1. The summed E-state index contributed by atoms with van der Waals surface area (Å²) < 4.78 is 5.44. The zero-order chi connectivity index (χ0) is 15.1. The van der Waals surface area contributed by atoms with Gasteiger partial charge in [-0.25, -0.2) is 0 Å². The van der Waals surface area contributed by atoms with Crippen LogP contribution in [0.1, 0.15) is 12.0 Å². The van der Waals surface area contributed by atoms with Crippen LogP contribution in [0.3, 0.4) is 0 Å². The van der Waals surface area contributed by atoms with E-state index < -0.39 is 5.97 Å². The van der Waals surface area contributed by atoms with E-state index in [9.17, 15) is 9.59 Å². The van der Waals surface area contributed by atoms with Crippen molar-refractivity contribution in [2.45, 2.75) is 19.1 Å². The number of amides is 1. The summed E-state index contributed by atoms with van der Waals surface area (Å²) >= 11 is 1.69. The molecule has 21 heavy (non-hydrogen) atoms. The molecule has 1 amide bonds. The fourth-order valence-corrected chi connectivity index (χ4v) is 3.33. The molecule has 1 aromatic carbocycles. The Morgan fingerprint density at radius 2 is 2.10 bits per heavy atom. The summed E-state index contributed by atoms with van der Waals surface area (Å²) in [6.07, 6.45) is -0.00255. The van der Waals surface area contributed by atoms with Crippen molar-refractivity contribution in [2.24, 2.45) is 0 Å². The zero-order valence-corrected chi connectivity index (χ0v) is 12.6. The number of benzene rings is 1. The van der Waals surface area contributed by atoms with Crippen LogP contribution in [0.2, 0.25) is 0 Å². The lowest BCUT2D eigenvalue weighted by molar-refractivity contribution is -0.142. The molecule has 0 bridgehead atoms. The van der Waals surface area contributed by atoms with Gasteiger partial charge in [-0.05, 0) is 5.56 Å². The van der Waals surface area contributed by atoms with Crippen molar-refractivity contribution in [1.29, 1.82) is 0 Å². The van der Waals surface area contributed by atoms with Gasteiger partial charge in [0.1, 0.15) is 6.61 Å². The van der Waals surface area contributed by atoms with Crippen LogP contribution in [-0.2, 0) is 20.9 Å². The van der Waals surface area contributed by atoms with Crippen molar-refractivity contribution in [1.82, 2.24) is 4.90 Å². The number of carbonyl (C=O) groups excluding carboxylic acids is 1. The van der Waals surface area contributed by atoms with E-state index in [1.165, 1.54) is 0 Å². The highest BCUT2D eigenvalue weighted by Crippen LogP contribution is 2.19. The molecule has 1 atom stereocenters. The highest BCUT2D eigenvalue weighted by atomic mass is 32.2. The van der Waals surface area contributed by atoms with Gasteiger partial charge in [0.25, 0.3) is 0 Å². The summed E-state index contributed by atoms with van der Waals surface area (Å²) in [5, 5.41) is 8.91. The molecule has 114 valence electrons. The Balaban J connectivity index is 1.81. The van der Waals surface area contributed by atoms with Crippen LogP contribution in [-0.4, -0.2) is 52.6 Å². The highest BCUT2D eigenvalue weighted by Gasteiger charge is 2.28. The number of ether oxygens (including phenoxy) is 1. The standard InChI is InChI=1S/C15H19NO4S/c17-14(10-20-9-12-4-2-1-3-5-12)16-6-7-21-11-13(16)8-15(18)19/h1-5,13H,6-11H2,(H,18,19). The molecule has 1 saturated heterocycles. The Morgan fingerprint density at radius 1 is 1.33 bits per heavy atom. The molecule has 0 aromatic heterocycles. The van der Waals surface area contributed by atoms with Crippen LogP contribution in [0, 0.1) is 0 Å². The van der Waals surface area contributed by atoms with Crippen LogP contribution >= 0.6 is 11.8 Å². The molecule has 1 fully saturated rings. The molecule has 2 rings (SSSR count). The first-order chi connectivity index (χ1) is 10.2. The number of aliphatic carboxylic acids is 1. The molecule has 1 N–H and O–H groups in total. The Bertz CT molecular complexity index is 480. The van der Waals surface area contributed by atoms with Crippen LogP contribution < -0.4 is 0 Å². The molecule has 1 heterocycles. The fraction of sp³-hybridized carbons (Fsp3) is 0.467. The van der Waals surface area contributed by atoms with Crippen LogP contribution in [0.15, 0.2) is 30.3 Å². The molecule has 1 aliphatic rings. The van der Waals surface area contributed by atoms with Gasteiger partial charge in [-0.1, -0.05) is 30.3 Å². The summed E-state index contributed by atoms with van der Waals surface area (Å²) in [6.45, 7) is 0.977. The zero-order valence-electron chi connectivity index (χ0n) is 11.7. The smallest absolute Gasteiger partial charge is 0.305 e. The van der Waals surface area contributed by atoms with Gasteiger partial charge < -0.3 is 14.7 Å².